The molecule has 0 unspecified atom stereocenters. The molecule has 0 spiro atoms. The Bertz CT molecular complexity index is 718. The van der Waals surface area contributed by atoms with Crippen LogP contribution >= 0.6 is 11.3 Å². The van der Waals surface area contributed by atoms with Gasteiger partial charge in [0, 0.05) is 17.4 Å². The Morgan fingerprint density at radius 1 is 1.20 bits per heavy atom. The molecular formula is C18H21F2NO3S. The van der Waals surface area contributed by atoms with Crippen molar-refractivity contribution >= 4 is 17.3 Å². The van der Waals surface area contributed by atoms with Crippen molar-refractivity contribution < 1.29 is 23.4 Å². The lowest BCUT2D eigenvalue weighted by molar-refractivity contribution is -0.137. The number of thiazole rings is 1. The molecule has 0 saturated carbocycles. The molecule has 0 radical (unpaired) electrons. The van der Waals surface area contributed by atoms with Gasteiger partial charge < -0.3 is 9.84 Å². The molecule has 2 rings (SSSR count). The lowest BCUT2D eigenvalue weighted by Gasteiger charge is -2.12. The van der Waals surface area contributed by atoms with Gasteiger partial charge in [-0.15, -0.1) is 11.3 Å². The van der Waals surface area contributed by atoms with Crippen LogP contribution in [0.4, 0.5) is 8.78 Å². The molecule has 0 fully saturated rings. The molecule has 0 amide bonds. The molecule has 7 heteroatoms. The fourth-order valence-corrected chi connectivity index (χ4v) is 3.06. The van der Waals surface area contributed by atoms with Gasteiger partial charge >= 0.3 is 5.97 Å². The van der Waals surface area contributed by atoms with Crippen LogP contribution in [0.2, 0.25) is 0 Å². The second-order valence-corrected chi connectivity index (χ2v) is 6.81. The van der Waals surface area contributed by atoms with Gasteiger partial charge in [-0.3, -0.25) is 4.79 Å². The summed E-state index contributed by atoms with van der Waals surface area (Å²) in [5.41, 5.74) is 1.02. The van der Waals surface area contributed by atoms with E-state index in [1.807, 2.05) is 6.92 Å². The van der Waals surface area contributed by atoms with Crippen LogP contribution in [-0.4, -0.2) is 22.7 Å². The molecule has 0 aliphatic carbocycles. The minimum Gasteiger partial charge on any atom is -0.490 e. The average molecular weight is 369 g/mol. The van der Waals surface area contributed by atoms with Crippen molar-refractivity contribution in [2.75, 3.05) is 6.61 Å². The standard InChI is InChI=1S/C18H21F2NO3S/c1-12-21-15(11-25-12)13-8-9-14(19)17(20)18(13)24-10-6-4-2-3-5-7-16(22)23/h8-9,11H,2-7,10H2,1H3,(H,22,23). The number of hydrogen-bond acceptors (Lipinski definition) is 4. The second-order valence-electron chi connectivity index (χ2n) is 5.75. The molecule has 1 heterocycles. The smallest absolute Gasteiger partial charge is 0.303 e. The van der Waals surface area contributed by atoms with Crippen molar-refractivity contribution in [3.05, 3.63) is 34.2 Å². The van der Waals surface area contributed by atoms with Crippen LogP contribution < -0.4 is 4.74 Å². The average Bonchev–Trinajstić information content (AvgIpc) is 2.99. The number of benzene rings is 1. The number of aromatic nitrogens is 1. The fourth-order valence-electron chi connectivity index (χ4n) is 2.44. The Hall–Kier alpha value is -2.02. The molecule has 1 aromatic heterocycles. The Balaban J connectivity index is 1.88. The molecule has 1 aromatic carbocycles. The maximum atomic E-state index is 14.1. The van der Waals surface area contributed by atoms with Crippen LogP contribution in [0.25, 0.3) is 11.3 Å². The first-order valence-corrected chi connectivity index (χ1v) is 9.12. The third-order valence-corrected chi connectivity index (χ3v) is 4.50. The maximum absolute atomic E-state index is 14.1. The van der Waals surface area contributed by atoms with Gasteiger partial charge in [-0.25, -0.2) is 9.37 Å². The van der Waals surface area contributed by atoms with Crippen LogP contribution in [0.1, 0.15) is 43.5 Å². The summed E-state index contributed by atoms with van der Waals surface area (Å²) >= 11 is 1.43. The largest absolute Gasteiger partial charge is 0.490 e. The normalized spacial score (nSPS) is 10.8. The van der Waals surface area contributed by atoms with Gasteiger partial charge in [0.1, 0.15) is 0 Å². The van der Waals surface area contributed by atoms with Crippen molar-refractivity contribution in [3.63, 3.8) is 0 Å². The first kappa shape index (κ1) is 19.3. The number of halogens is 2. The lowest BCUT2D eigenvalue weighted by Crippen LogP contribution is -2.03. The van der Waals surface area contributed by atoms with Crippen LogP contribution in [-0.2, 0) is 4.79 Å². The zero-order valence-corrected chi connectivity index (χ0v) is 14.9. The molecular weight excluding hydrogens is 348 g/mol. The topological polar surface area (TPSA) is 59.4 Å². The zero-order valence-electron chi connectivity index (χ0n) is 14.1. The third kappa shape index (κ3) is 5.77. The van der Waals surface area contributed by atoms with E-state index in [0.717, 1.165) is 30.3 Å². The third-order valence-electron chi connectivity index (χ3n) is 3.73. The van der Waals surface area contributed by atoms with Gasteiger partial charge in [-0.2, -0.15) is 4.39 Å². The summed E-state index contributed by atoms with van der Waals surface area (Å²) in [6.07, 6.45) is 4.11. The summed E-state index contributed by atoms with van der Waals surface area (Å²) in [4.78, 5) is 14.7. The molecule has 0 aliphatic heterocycles. The number of ether oxygens (including phenoxy) is 1. The minimum atomic E-state index is -0.996. The fraction of sp³-hybridized carbons (Fsp3) is 0.444. The highest BCUT2D eigenvalue weighted by atomic mass is 32.1. The highest BCUT2D eigenvalue weighted by Crippen LogP contribution is 2.34. The monoisotopic (exact) mass is 369 g/mol. The minimum absolute atomic E-state index is 0.101. The molecule has 0 saturated heterocycles. The molecule has 4 nitrogen and oxygen atoms in total. The summed E-state index contributed by atoms with van der Waals surface area (Å²) in [5.74, 6) is -2.82. The van der Waals surface area contributed by atoms with E-state index in [4.69, 9.17) is 9.84 Å². The molecule has 2 aromatic rings. The second kappa shape index (κ2) is 9.46. The quantitative estimate of drug-likeness (QED) is 0.585. The van der Waals surface area contributed by atoms with Gasteiger partial charge in [0.25, 0.3) is 0 Å². The van der Waals surface area contributed by atoms with Gasteiger partial charge in [-0.1, -0.05) is 19.3 Å². The number of rotatable bonds is 10. The summed E-state index contributed by atoms with van der Waals surface area (Å²) in [7, 11) is 0. The predicted molar refractivity (Wildman–Crippen MR) is 93.0 cm³/mol. The van der Waals surface area contributed by atoms with Gasteiger partial charge in [0.2, 0.25) is 5.82 Å². The Labute approximate surface area is 149 Å². The summed E-state index contributed by atoms with van der Waals surface area (Å²) in [5, 5.41) is 11.2. The molecule has 0 atom stereocenters. The van der Waals surface area contributed by atoms with E-state index < -0.39 is 17.6 Å². The van der Waals surface area contributed by atoms with Crippen LogP contribution in [0, 0.1) is 18.6 Å². The van der Waals surface area contributed by atoms with E-state index >= 15 is 0 Å². The number of hydrogen-bond donors (Lipinski definition) is 1. The number of carbonyl (C=O) groups is 1. The van der Waals surface area contributed by atoms with Crippen molar-refractivity contribution in [1.29, 1.82) is 0 Å². The summed E-state index contributed by atoms with van der Waals surface area (Å²) in [6.45, 7) is 2.12. The maximum Gasteiger partial charge on any atom is 0.303 e. The van der Waals surface area contributed by atoms with E-state index in [2.05, 4.69) is 4.98 Å². The first-order valence-electron chi connectivity index (χ1n) is 8.24. The predicted octanol–water partition coefficient (Wildman–Crippen LogP) is 5.20. The Kier molecular flexibility index (Phi) is 7.31. The number of aryl methyl sites for hydroxylation is 1. The summed E-state index contributed by atoms with van der Waals surface area (Å²) in [6, 6.07) is 2.56. The van der Waals surface area contributed by atoms with E-state index in [0.29, 0.717) is 24.1 Å². The lowest BCUT2D eigenvalue weighted by atomic mass is 10.1. The zero-order chi connectivity index (χ0) is 18.2. The number of unbranched alkanes of at least 4 members (excludes halogenated alkanes) is 4. The number of aliphatic carboxylic acids is 1. The van der Waals surface area contributed by atoms with Gasteiger partial charge in [0.15, 0.2) is 11.6 Å². The number of nitrogens with zero attached hydrogens (tertiary/aromatic N) is 1. The van der Waals surface area contributed by atoms with Crippen molar-refractivity contribution in [2.45, 2.75) is 45.4 Å². The molecule has 1 N–H and O–H groups in total. The number of carboxylic acid groups (broad SMARTS) is 1. The van der Waals surface area contributed by atoms with Crippen LogP contribution in [0.5, 0.6) is 5.75 Å². The Morgan fingerprint density at radius 2 is 1.92 bits per heavy atom. The Morgan fingerprint density at radius 3 is 2.60 bits per heavy atom. The van der Waals surface area contributed by atoms with Gasteiger partial charge in [-0.05, 0) is 31.9 Å². The van der Waals surface area contributed by atoms with Crippen LogP contribution in [0.15, 0.2) is 17.5 Å². The van der Waals surface area contributed by atoms with Crippen molar-refractivity contribution in [1.82, 2.24) is 4.98 Å². The van der Waals surface area contributed by atoms with Crippen molar-refractivity contribution in [2.24, 2.45) is 0 Å². The van der Waals surface area contributed by atoms with Crippen molar-refractivity contribution in [3.8, 4) is 17.0 Å². The van der Waals surface area contributed by atoms with Gasteiger partial charge in [0.05, 0.1) is 17.3 Å². The number of carboxylic acids is 1. The van der Waals surface area contributed by atoms with E-state index in [9.17, 15) is 13.6 Å². The van der Waals surface area contributed by atoms with E-state index in [-0.39, 0.29) is 18.8 Å². The van der Waals surface area contributed by atoms with Crippen LogP contribution in [0.3, 0.4) is 0 Å². The molecule has 136 valence electrons. The SMILES string of the molecule is Cc1nc(-c2ccc(F)c(F)c2OCCCCCCCC(=O)O)cs1. The highest BCUT2D eigenvalue weighted by molar-refractivity contribution is 7.09. The highest BCUT2D eigenvalue weighted by Gasteiger charge is 2.18. The molecule has 0 aliphatic rings. The molecule has 0 bridgehead atoms. The van der Waals surface area contributed by atoms with E-state index in [1.165, 1.54) is 17.4 Å². The first-order chi connectivity index (χ1) is 12.0. The molecule has 25 heavy (non-hydrogen) atoms. The summed E-state index contributed by atoms with van der Waals surface area (Å²) < 4.78 is 33.2. The van der Waals surface area contributed by atoms with E-state index in [1.54, 1.807) is 5.38 Å².